The predicted octanol–water partition coefficient (Wildman–Crippen LogP) is 1.91. The fourth-order valence-electron chi connectivity index (χ4n) is 0.488. The number of hydrogen-bond acceptors (Lipinski definition) is 2. The topological polar surface area (TPSA) is 34.1 Å². The molecule has 0 N–H and O–H groups in total. The van der Waals surface area contributed by atoms with E-state index in [4.69, 9.17) is 10.7 Å². The van der Waals surface area contributed by atoms with E-state index in [9.17, 15) is 8.42 Å². The van der Waals surface area contributed by atoms with Crippen LogP contribution in [0.3, 0.4) is 0 Å². The Labute approximate surface area is 66.3 Å². The number of halogens is 1. The molecule has 0 spiro atoms. The summed E-state index contributed by atoms with van der Waals surface area (Å²) in [5.41, 5.74) is 1.11. The molecule has 0 bridgehead atoms. The minimum Gasteiger partial charge on any atom is -0.212 e. The molecule has 0 aliphatic rings. The van der Waals surface area contributed by atoms with Gasteiger partial charge in [-0.2, -0.15) is 0 Å². The van der Waals surface area contributed by atoms with Gasteiger partial charge < -0.3 is 0 Å². The van der Waals surface area contributed by atoms with Crippen LogP contribution in [0.25, 0.3) is 0 Å². The van der Waals surface area contributed by atoms with Gasteiger partial charge in [0.2, 0.25) is 9.05 Å². The molecule has 0 heterocycles. The zero-order valence-corrected chi connectivity index (χ0v) is 7.67. The van der Waals surface area contributed by atoms with E-state index in [0.29, 0.717) is 6.42 Å². The van der Waals surface area contributed by atoms with Crippen molar-refractivity contribution < 1.29 is 8.42 Å². The van der Waals surface area contributed by atoms with Crippen molar-refractivity contribution in [3.63, 3.8) is 0 Å². The molecule has 0 unspecified atom stereocenters. The summed E-state index contributed by atoms with van der Waals surface area (Å²) in [6.45, 7) is 3.84. The summed E-state index contributed by atoms with van der Waals surface area (Å²) in [7, 11) is 1.67. The molecule has 0 aromatic heterocycles. The molecule has 60 valence electrons. The number of hydrogen-bond donors (Lipinski definition) is 0. The molecular formula is C6H11ClO2S. The summed E-state index contributed by atoms with van der Waals surface area (Å²) in [5, 5.41) is 0. The maximum absolute atomic E-state index is 10.3. The summed E-state index contributed by atoms with van der Waals surface area (Å²) in [5.74, 6) is 0.0275. The van der Waals surface area contributed by atoms with Crippen LogP contribution in [-0.4, -0.2) is 14.2 Å². The number of rotatable bonds is 3. The van der Waals surface area contributed by atoms with Crippen molar-refractivity contribution in [1.82, 2.24) is 0 Å². The quantitative estimate of drug-likeness (QED) is 0.494. The van der Waals surface area contributed by atoms with Gasteiger partial charge in [-0.05, 0) is 20.3 Å². The zero-order chi connectivity index (χ0) is 8.20. The smallest absolute Gasteiger partial charge is 0.212 e. The Bertz CT molecular complexity index is 212. The summed E-state index contributed by atoms with van der Waals surface area (Å²) in [6.07, 6.45) is 2.36. The van der Waals surface area contributed by atoms with Crippen molar-refractivity contribution in [3.05, 3.63) is 11.6 Å². The van der Waals surface area contributed by atoms with E-state index < -0.39 is 9.05 Å². The molecule has 0 aliphatic heterocycles. The van der Waals surface area contributed by atoms with Crippen molar-refractivity contribution in [1.29, 1.82) is 0 Å². The molecule has 0 aromatic carbocycles. The fourth-order valence-corrected chi connectivity index (χ4v) is 1.16. The van der Waals surface area contributed by atoms with Gasteiger partial charge in [-0.3, -0.25) is 0 Å². The Morgan fingerprint density at radius 1 is 1.50 bits per heavy atom. The highest BCUT2D eigenvalue weighted by molar-refractivity contribution is 8.13. The lowest BCUT2D eigenvalue weighted by molar-refractivity contribution is 0.609. The van der Waals surface area contributed by atoms with Gasteiger partial charge in [-0.15, -0.1) is 0 Å². The second kappa shape index (κ2) is 3.98. The Morgan fingerprint density at radius 3 is 2.30 bits per heavy atom. The first-order valence-corrected chi connectivity index (χ1v) is 5.45. The summed E-state index contributed by atoms with van der Waals surface area (Å²) in [4.78, 5) is 0. The molecule has 0 saturated carbocycles. The summed E-state index contributed by atoms with van der Waals surface area (Å²) in [6, 6.07) is 0. The molecule has 0 atom stereocenters. The van der Waals surface area contributed by atoms with Gasteiger partial charge in [0.15, 0.2) is 0 Å². The molecular weight excluding hydrogens is 172 g/mol. The van der Waals surface area contributed by atoms with Crippen molar-refractivity contribution in [3.8, 4) is 0 Å². The largest absolute Gasteiger partial charge is 0.232 e. The fraction of sp³-hybridized carbons (Fsp3) is 0.667. The van der Waals surface area contributed by atoms with E-state index in [1.807, 2.05) is 19.9 Å². The molecule has 0 aliphatic carbocycles. The molecule has 0 aromatic rings. The van der Waals surface area contributed by atoms with E-state index in [1.54, 1.807) is 0 Å². The van der Waals surface area contributed by atoms with Crippen LogP contribution >= 0.6 is 10.7 Å². The Kier molecular flexibility index (Phi) is 3.98. The number of allylic oxidation sites excluding steroid dienone is 2. The summed E-state index contributed by atoms with van der Waals surface area (Å²) >= 11 is 0. The standard InChI is InChI=1S/C6H11ClO2S/c1-6(2)4-3-5-10(7,8)9/h4H,3,5H2,1-2H3. The van der Waals surface area contributed by atoms with E-state index in [0.717, 1.165) is 5.57 Å². The van der Waals surface area contributed by atoms with Gasteiger partial charge in [-0.25, -0.2) is 8.42 Å². The second-order valence-electron chi connectivity index (χ2n) is 2.31. The van der Waals surface area contributed by atoms with Crippen LogP contribution in [0.15, 0.2) is 11.6 Å². The first kappa shape index (κ1) is 9.98. The van der Waals surface area contributed by atoms with Gasteiger partial charge in [0.05, 0.1) is 5.75 Å². The van der Waals surface area contributed by atoms with E-state index in [1.165, 1.54) is 0 Å². The van der Waals surface area contributed by atoms with E-state index in [2.05, 4.69) is 0 Å². The highest BCUT2D eigenvalue weighted by Crippen LogP contribution is 2.01. The van der Waals surface area contributed by atoms with Crippen LogP contribution in [0.4, 0.5) is 0 Å². The Morgan fingerprint density at radius 2 is 2.00 bits per heavy atom. The highest BCUT2D eigenvalue weighted by Gasteiger charge is 2.01. The maximum Gasteiger partial charge on any atom is 0.232 e. The molecule has 2 nitrogen and oxygen atoms in total. The lowest BCUT2D eigenvalue weighted by Crippen LogP contribution is -1.94. The third kappa shape index (κ3) is 7.98. The third-order valence-electron chi connectivity index (χ3n) is 0.914. The normalized spacial score (nSPS) is 11.1. The van der Waals surface area contributed by atoms with Crippen LogP contribution in [0.5, 0.6) is 0 Å². The molecule has 0 amide bonds. The van der Waals surface area contributed by atoms with Crippen LogP contribution in [0.1, 0.15) is 20.3 Å². The Hall–Kier alpha value is -0.0200. The Balaban J connectivity index is 3.69. The minimum absolute atomic E-state index is 0.0275. The third-order valence-corrected chi connectivity index (χ3v) is 2.10. The van der Waals surface area contributed by atoms with Crippen molar-refractivity contribution in [2.75, 3.05) is 5.75 Å². The van der Waals surface area contributed by atoms with E-state index >= 15 is 0 Å². The van der Waals surface area contributed by atoms with Crippen LogP contribution in [0, 0.1) is 0 Å². The molecule has 0 radical (unpaired) electrons. The molecule has 0 rings (SSSR count). The predicted molar refractivity (Wildman–Crippen MR) is 43.7 cm³/mol. The maximum atomic E-state index is 10.3. The van der Waals surface area contributed by atoms with Crippen molar-refractivity contribution in [2.45, 2.75) is 20.3 Å². The molecule has 0 fully saturated rings. The van der Waals surface area contributed by atoms with Gasteiger partial charge >= 0.3 is 0 Å². The van der Waals surface area contributed by atoms with Gasteiger partial charge in [-0.1, -0.05) is 11.6 Å². The SMILES string of the molecule is CC(C)=CCCS(=O)(=O)Cl. The summed E-state index contributed by atoms with van der Waals surface area (Å²) < 4.78 is 20.7. The van der Waals surface area contributed by atoms with E-state index in [-0.39, 0.29) is 5.75 Å². The first-order valence-electron chi connectivity index (χ1n) is 2.97. The first-order chi connectivity index (χ1) is 4.42. The van der Waals surface area contributed by atoms with Gasteiger partial charge in [0, 0.05) is 10.7 Å². The molecule has 4 heteroatoms. The average Bonchev–Trinajstić information content (AvgIpc) is 1.59. The van der Waals surface area contributed by atoms with Crippen LogP contribution in [-0.2, 0) is 9.05 Å². The minimum atomic E-state index is -3.29. The molecule has 0 saturated heterocycles. The second-order valence-corrected chi connectivity index (χ2v) is 5.21. The van der Waals surface area contributed by atoms with Gasteiger partial charge in [0.25, 0.3) is 0 Å². The van der Waals surface area contributed by atoms with Crippen molar-refractivity contribution in [2.24, 2.45) is 0 Å². The van der Waals surface area contributed by atoms with Crippen LogP contribution in [0.2, 0.25) is 0 Å². The monoisotopic (exact) mass is 182 g/mol. The molecule has 10 heavy (non-hydrogen) atoms. The zero-order valence-electron chi connectivity index (χ0n) is 6.09. The average molecular weight is 183 g/mol. The van der Waals surface area contributed by atoms with Gasteiger partial charge in [0.1, 0.15) is 0 Å². The highest BCUT2D eigenvalue weighted by atomic mass is 35.7. The van der Waals surface area contributed by atoms with Crippen molar-refractivity contribution >= 4 is 19.7 Å². The lowest BCUT2D eigenvalue weighted by Gasteiger charge is -1.90. The van der Waals surface area contributed by atoms with Crippen LogP contribution < -0.4 is 0 Å². The lowest BCUT2D eigenvalue weighted by atomic mass is 10.3.